The van der Waals surface area contributed by atoms with Crippen molar-refractivity contribution in [3.05, 3.63) is 83.4 Å². The molecule has 0 unspecified atom stereocenters. The fourth-order valence-electron chi connectivity index (χ4n) is 6.74. The molecule has 4 aromatic rings. The fraction of sp³-hybridized carbons (Fsp3) is 0.450. The molecule has 1 heterocycles. The zero-order valence-electron chi connectivity index (χ0n) is 29.9. The third-order valence-electron chi connectivity index (χ3n) is 9.79. The average Bonchev–Trinajstić information content (AvgIpc) is 3.72. The standard InChI is InChI=1S/C40H50N6O6/c1-27-7-8-29(23-36(27)32-4-2-5-33(24-32)37(48)6-3-18-51-20-21-52-19-17-47)22-34(25-38(49)30-11-9-28(26-41)10-12-30)40(50)42-35-15-13-31(14-16-35)39-43-45-46-44-39/h2,4-5,7-8,13-16,23-24,28,30,34,47H,3,6,9-12,17-22,25-26,41H2,1H3,(H,42,50)(H,43,44,45,46)/t28?,30?,34-/m1/s1. The molecule has 5 N–H and O–H groups in total. The summed E-state index contributed by atoms with van der Waals surface area (Å²) in [6.45, 7) is 4.21. The summed E-state index contributed by atoms with van der Waals surface area (Å²) in [4.78, 5) is 40.6. The van der Waals surface area contributed by atoms with Crippen molar-refractivity contribution in [2.75, 3.05) is 44.9 Å². The molecule has 0 bridgehead atoms. The van der Waals surface area contributed by atoms with Crippen molar-refractivity contribution in [2.45, 2.75) is 58.3 Å². The van der Waals surface area contributed by atoms with Gasteiger partial charge in [-0.25, -0.2) is 0 Å². The van der Waals surface area contributed by atoms with Crippen LogP contribution in [0.25, 0.3) is 22.5 Å². The van der Waals surface area contributed by atoms with Crippen LogP contribution in [-0.2, 0) is 25.5 Å². The van der Waals surface area contributed by atoms with Crippen LogP contribution in [0.2, 0.25) is 0 Å². The Balaban J connectivity index is 1.27. The number of aromatic amines is 1. The Labute approximate surface area is 304 Å². The van der Waals surface area contributed by atoms with E-state index in [1.165, 1.54) is 0 Å². The van der Waals surface area contributed by atoms with Crippen molar-refractivity contribution in [2.24, 2.45) is 23.5 Å². The number of nitrogens with zero attached hydrogens (tertiary/aromatic N) is 3. The lowest BCUT2D eigenvalue weighted by atomic mass is 9.77. The maximum atomic E-state index is 13.9. The number of hydrogen-bond acceptors (Lipinski definition) is 10. The van der Waals surface area contributed by atoms with Crippen LogP contribution < -0.4 is 11.1 Å². The number of anilines is 1. The molecule has 0 aliphatic heterocycles. The minimum absolute atomic E-state index is 0.0197. The summed E-state index contributed by atoms with van der Waals surface area (Å²) in [6.07, 6.45) is 4.98. The van der Waals surface area contributed by atoms with Gasteiger partial charge in [0.1, 0.15) is 5.78 Å². The molecule has 1 aliphatic rings. The van der Waals surface area contributed by atoms with Gasteiger partial charge >= 0.3 is 0 Å². The number of nitrogens with two attached hydrogens (primary N) is 1. The number of rotatable bonds is 20. The van der Waals surface area contributed by atoms with Gasteiger partial charge in [-0.15, -0.1) is 10.2 Å². The number of amides is 1. The summed E-state index contributed by atoms with van der Waals surface area (Å²) in [5, 5.41) is 25.9. The van der Waals surface area contributed by atoms with E-state index in [1.54, 1.807) is 12.1 Å². The second kappa shape index (κ2) is 19.8. The van der Waals surface area contributed by atoms with Crippen molar-refractivity contribution in [1.82, 2.24) is 20.6 Å². The van der Waals surface area contributed by atoms with E-state index in [2.05, 4.69) is 32.0 Å². The molecule has 1 aliphatic carbocycles. The summed E-state index contributed by atoms with van der Waals surface area (Å²) in [6, 6.07) is 20.9. The highest BCUT2D eigenvalue weighted by Crippen LogP contribution is 2.32. The smallest absolute Gasteiger partial charge is 0.228 e. The first-order valence-corrected chi connectivity index (χ1v) is 18.2. The molecule has 0 saturated heterocycles. The first-order valence-electron chi connectivity index (χ1n) is 18.2. The van der Waals surface area contributed by atoms with Gasteiger partial charge in [0.25, 0.3) is 0 Å². The van der Waals surface area contributed by atoms with Gasteiger partial charge in [0, 0.05) is 48.1 Å². The zero-order chi connectivity index (χ0) is 36.7. The molecule has 1 amide bonds. The number of H-pyrrole nitrogens is 1. The topological polar surface area (TPSA) is 182 Å². The minimum atomic E-state index is -0.580. The Hall–Kier alpha value is -4.62. The first kappa shape index (κ1) is 38.6. The second-order valence-electron chi connectivity index (χ2n) is 13.5. The van der Waals surface area contributed by atoms with Crippen LogP contribution in [0, 0.1) is 24.7 Å². The average molecular weight is 711 g/mol. The van der Waals surface area contributed by atoms with Gasteiger partial charge in [-0.1, -0.05) is 36.4 Å². The predicted octanol–water partition coefficient (Wildman–Crippen LogP) is 5.35. The van der Waals surface area contributed by atoms with Crippen molar-refractivity contribution in [3.63, 3.8) is 0 Å². The molecular formula is C40H50N6O6. The van der Waals surface area contributed by atoms with Crippen molar-refractivity contribution in [1.29, 1.82) is 0 Å². The van der Waals surface area contributed by atoms with Crippen molar-refractivity contribution >= 4 is 23.2 Å². The monoisotopic (exact) mass is 710 g/mol. The summed E-state index contributed by atoms with van der Waals surface area (Å²) < 4.78 is 10.7. The number of aromatic nitrogens is 4. The lowest BCUT2D eigenvalue weighted by molar-refractivity contribution is -0.129. The van der Waals surface area contributed by atoms with Crippen LogP contribution in [0.1, 0.15) is 66.4 Å². The summed E-state index contributed by atoms with van der Waals surface area (Å²) in [7, 11) is 0. The SMILES string of the molecule is Cc1ccc(C[C@H](CC(=O)C2CCC(CN)CC2)C(=O)Nc2ccc(-c3nn[nH]n3)cc2)cc1-c1cccc(C(=O)CCCOCCOCCO)c1. The predicted molar refractivity (Wildman–Crippen MR) is 198 cm³/mol. The number of aryl methyl sites for hydroxylation is 1. The van der Waals surface area contributed by atoms with Crippen LogP contribution in [0.3, 0.4) is 0 Å². The Morgan fingerprint density at radius 1 is 0.942 bits per heavy atom. The second-order valence-corrected chi connectivity index (χ2v) is 13.5. The maximum absolute atomic E-state index is 13.9. The normalized spacial score (nSPS) is 16.4. The number of carbonyl (C=O) groups is 3. The molecule has 12 heteroatoms. The molecular weight excluding hydrogens is 660 g/mol. The van der Waals surface area contributed by atoms with Crippen molar-refractivity contribution in [3.8, 4) is 22.5 Å². The fourth-order valence-corrected chi connectivity index (χ4v) is 6.74. The van der Waals surface area contributed by atoms with Crippen LogP contribution in [0.5, 0.6) is 0 Å². The number of ketones is 2. The third-order valence-corrected chi connectivity index (χ3v) is 9.79. The van der Waals surface area contributed by atoms with E-state index in [-0.39, 0.29) is 43.0 Å². The van der Waals surface area contributed by atoms with E-state index in [9.17, 15) is 14.4 Å². The van der Waals surface area contributed by atoms with Crippen LogP contribution in [0.4, 0.5) is 5.69 Å². The van der Waals surface area contributed by atoms with Crippen LogP contribution in [-0.4, -0.2) is 82.8 Å². The summed E-state index contributed by atoms with van der Waals surface area (Å²) >= 11 is 0. The maximum Gasteiger partial charge on any atom is 0.228 e. The van der Waals surface area contributed by atoms with Crippen molar-refractivity contribution < 1.29 is 29.0 Å². The lowest BCUT2D eigenvalue weighted by Gasteiger charge is -2.28. The number of aliphatic hydroxyl groups excluding tert-OH is 1. The number of hydrogen-bond donors (Lipinski definition) is 4. The number of Topliss-reactive ketones (excluding diaryl/α,β-unsaturated/α-hetero) is 2. The Morgan fingerprint density at radius 2 is 1.71 bits per heavy atom. The van der Waals surface area contributed by atoms with Gasteiger partial charge in [0.05, 0.1) is 26.4 Å². The largest absolute Gasteiger partial charge is 0.394 e. The summed E-state index contributed by atoms with van der Waals surface area (Å²) in [5.74, 6) is 0.230. The van der Waals surface area contributed by atoms with Gasteiger partial charge < -0.3 is 25.6 Å². The molecule has 3 aromatic carbocycles. The molecule has 1 aromatic heterocycles. The highest BCUT2D eigenvalue weighted by molar-refractivity contribution is 5.97. The Bertz CT molecular complexity index is 1740. The number of benzene rings is 3. The Morgan fingerprint density at radius 3 is 2.42 bits per heavy atom. The molecule has 1 fully saturated rings. The van der Waals surface area contributed by atoms with Gasteiger partial charge in [-0.05, 0) is 116 Å². The number of aliphatic hydroxyl groups is 1. The molecule has 276 valence electrons. The van der Waals surface area contributed by atoms with Gasteiger partial charge in [-0.3, -0.25) is 14.4 Å². The molecule has 1 saturated carbocycles. The molecule has 0 spiro atoms. The van der Waals surface area contributed by atoms with Crippen LogP contribution >= 0.6 is 0 Å². The minimum Gasteiger partial charge on any atom is -0.394 e. The number of nitrogens with one attached hydrogen (secondary N) is 2. The lowest BCUT2D eigenvalue weighted by Crippen LogP contribution is -2.31. The quantitative estimate of drug-likeness (QED) is 0.0689. The van der Waals surface area contributed by atoms with E-state index >= 15 is 0 Å². The van der Waals surface area contributed by atoms with E-state index in [0.717, 1.165) is 53.5 Å². The van der Waals surface area contributed by atoms with Crippen LogP contribution in [0.15, 0.2) is 66.7 Å². The van der Waals surface area contributed by atoms with Gasteiger partial charge in [0.2, 0.25) is 11.7 Å². The zero-order valence-corrected chi connectivity index (χ0v) is 29.9. The molecule has 1 atom stereocenters. The van der Waals surface area contributed by atoms with Gasteiger partial charge in [-0.2, -0.15) is 5.21 Å². The number of ether oxygens (including phenoxy) is 2. The molecule has 5 rings (SSSR count). The molecule has 12 nitrogen and oxygen atoms in total. The van der Waals surface area contributed by atoms with E-state index in [1.807, 2.05) is 55.5 Å². The first-order chi connectivity index (χ1) is 25.3. The summed E-state index contributed by atoms with van der Waals surface area (Å²) in [5.41, 5.74) is 11.8. The third kappa shape index (κ3) is 11.2. The molecule has 0 radical (unpaired) electrons. The van der Waals surface area contributed by atoms with E-state index in [0.29, 0.717) is 68.6 Å². The molecule has 52 heavy (non-hydrogen) atoms. The highest BCUT2D eigenvalue weighted by Gasteiger charge is 2.30. The van der Waals surface area contributed by atoms with E-state index < -0.39 is 5.92 Å². The van der Waals surface area contributed by atoms with Gasteiger partial charge in [0.15, 0.2) is 5.78 Å². The van der Waals surface area contributed by atoms with E-state index in [4.69, 9.17) is 20.3 Å². The number of carbonyl (C=O) groups excluding carboxylic acids is 3. The number of tetrazole rings is 1. The Kier molecular flexibility index (Phi) is 14.7. The highest BCUT2D eigenvalue weighted by atomic mass is 16.5.